The van der Waals surface area contributed by atoms with E-state index in [4.69, 9.17) is 0 Å². The molecule has 0 saturated carbocycles. The minimum atomic E-state index is -0.168. The molecule has 7 heteroatoms. The normalized spacial score (nSPS) is 12.5. The lowest BCUT2D eigenvalue weighted by Gasteiger charge is -2.03. The third kappa shape index (κ3) is 6.91. The molecule has 0 aromatic heterocycles. The van der Waals surface area contributed by atoms with Gasteiger partial charge in [0.15, 0.2) is 0 Å². The van der Waals surface area contributed by atoms with Crippen LogP contribution in [0.5, 0.6) is 0 Å². The molecule has 92 valence electrons. The average Bonchev–Trinajstić information content (AvgIpc) is 2.27. The Balaban J connectivity index is 3.75. The van der Waals surface area contributed by atoms with Gasteiger partial charge in [-0.25, -0.2) is 5.43 Å². The van der Waals surface area contributed by atoms with Gasteiger partial charge in [0.05, 0.1) is 19.0 Å². The van der Waals surface area contributed by atoms with E-state index in [1.807, 2.05) is 6.92 Å². The van der Waals surface area contributed by atoms with E-state index >= 15 is 0 Å². The maximum atomic E-state index is 11.1. The van der Waals surface area contributed by atoms with Gasteiger partial charge in [-0.05, 0) is 13.8 Å². The Labute approximate surface area is 95.8 Å². The zero-order valence-electron chi connectivity index (χ0n) is 10.2. The molecule has 0 aromatic rings. The maximum absolute atomic E-state index is 11.1. The van der Waals surface area contributed by atoms with Crippen molar-refractivity contribution in [1.29, 1.82) is 0 Å². The summed E-state index contributed by atoms with van der Waals surface area (Å²) in [5.41, 5.74) is 6.04. The van der Waals surface area contributed by atoms with E-state index in [0.717, 1.165) is 5.84 Å². The summed E-state index contributed by atoms with van der Waals surface area (Å²) in [5, 5.41) is 5.46. The largest absolute Gasteiger partial charge is 0.354 e. The van der Waals surface area contributed by atoms with Gasteiger partial charge in [0.25, 0.3) is 5.91 Å². The number of hydrogen-bond donors (Lipinski definition) is 4. The molecule has 0 saturated heterocycles. The highest BCUT2D eigenvalue weighted by atomic mass is 16.1. The Hall–Kier alpha value is -1.47. The van der Waals surface area contributed by atoms with Crippen molar-refractivity contribution in [2.75, 3.05) is 27.4 Å². The van der Waals surface area contributed by atoms with Crippen molar-refractivity contribution >= 4 is 17.5 Å². The van der Waals surface area contributed by atoms with Crippen LogP contribution in [-0.2, 0) is 4.79 Å². The van der Waals surface area contributed by atoms with Crippen molar-refractivity contribution in [2.24, 2.45) is 9.98 Å². The molecule has 0 heterocycles. The number of hydrogen-bond acceptors (Lipinski definition) is 5. The van der Waals surface area contributed by atoms with E-state index in [1.54, 1.807) is 21.0 Å². The highest BCUT2D eigenvalue weighted by Gasteiger charge is 1.99. The van der Waals surface area contributed by atoms with Gasteiger partial charge in [0.1, 0.15) is 5.84 Å². The van der Waals surface area contributed by atoms with Crippen LogP contribution in [0, 0.1) is 0 Å². The van der Waals surface area contributed by atoms with Crippen LogP contribution in [0.1, 0.15) is 13.8 Å². The first kappa shape index (κ1) is 14.5. The number of rotatable bonds is 6. The summed E-state index contributed by atoms with van der Waals surface area (Å²) >= 11 is 0. The third-order valence-corrected chi connectivity index (χ3v) is 1.72. The second-order valence-corrected chi connectivity index (χ2v) is 3.01. The molecule has 0 atom stereocenters. The van der Waals surface area contributed by atoms with E-state index in [9.17, 15) is 4.79 Å². The fourth-order valence-corrected chi connectivity index (χ4v) is 0.872. The smallest absolute Gasteiger partial charge is 0.264 e. The van der Waals surface area contributed by atoms with Crippen LogP contribution >= 0.6 is 0 Å². The lowest BCUT2D eigenvalue weighted by atomic mass is 10.4. The van der Waals surface area contributed by atoms with Gasteiger partial charge in [-0.15, -0.1) is 0 Å². The number of nitrogens with zero attached hydrogens (tertiary/aromatic N) is 2. The highest BCUT2D eigenvalue weighted by molar-refractivity contribution is 6.37. The number of carbonyl (C=O) groups excluding carboxylic acids is 1. The standard InChI is InChI=1S/C9H20N6O/c1-7(9(16)10-3)13-5-12-6-14-8(2)15-11-4/h11-12H,5-6H2,1-4H3,(H,10,16)(H,14,15). The van der Waals surface area contributed by atoms with Crippen molar-refractivity contribution in [3.63, 3.8) is 0 Å². The summed E-state index contributed by atoms with van der Waals surface area (Å²) in [6, 6.07) is 0. The van der Waals surface area contributed by atoms with Gasteiger partial charge >= 0.3 is 0 Å². The number of hydrazine groups is 1. The van der Waals surface area contributed by atoms with Crippen molar-refractivity contribution in [1.82, 2.24) is 21.5 Å². The number of amidine groups is 1. The lowest BCUT2D eigenvalue weighted by molar-refractivity contribution is -0.114. The first-order valence-corrected chi connectivity index (χ1v) is 4.99. The van der Waals surface area contributed by atoms with Gasteiger partial charge in [0, 0.05) is 14.1 Å². The Morgan fingerprint density at radius 2 is 1.75 bits per heavy atom. The number of amides is 1. The molecule has 0 aliphatic rings. The van der Waals surface area contributed by atoms with Crippen molar-refractivity contribution < 1.29 is 4.79 Å². The lowest BCUT2D eigenvalue weighted by Crippen LogP contribution is -2.33. The Kier molecular flexibility index (Phi) is 8.00. The number of aliphatic imine (C=N–C) groups is 2. The minimum Gasteiger partial charge on any atom is -0.354 e. The topological polar surface area (TPSA) is 89.9 Å². The monoisotopic (exact) mass is 228 g/mol. The fraction of sp³-hybridized carbons (Fsp3) is 0.667. The average molecular weight is 228 g/mol. The first-order chi connectivity index (χ1) is 7.61. The summed E-state index contributed by atoms with van der Waals surface area (Å²) in [7, 11) is 3.34. The van der Waals surface area contributed by atoms with Crippen LogP contribution in [0.25, 0.3) is 0 Å². The van der Waals surface area contributed by atoms with Gasteiger partial charge in [-0.3, -0.25) is 20.1 Å². The summed E-state index contributed by atoms with van der Waals surface area (Å²) < 4.78 is 0. The molecule has 16 heavy (non-hydrogen) atoms. The number of carbonyl (C=O) groups is 1. The van der Waals surface area contributed by atoms with Crippen molar-refractivity contribution in [3.05, 3.63) is 0 Å². The quantitative estimate of drug-likeness (QED) is 0.200. The molecule has 0 spiro atoms. The molecule has 4 N–H and O–H groups in total. The molecular weight excluding hydrogens is 208 g/mol. The molecule has 0 aliphatic heterocycles. The van der Waals surface area contributed by atoms with E-state index in [-0.39, 0.29) is 5.91 Å². The first-order valence-electron chi connectivity index (χ1n) is 4.99. The predicted molar refractivity (Wildman–Crippen MR) is 65.3 cm³/mol. The molecule has 0 bridgehead atoms. The predicted octanol–water partition coefficient (Wildman–Crippen LogP) is -1.16. The van der Waals surface area contributed by atoms with Crippen LogP contribution in [0.3, 0.4) is 0 Å². The van der Waals surface area contributed by atoms with Gasteiger partial charge in [-0.2, -0.15) is 0 Å². The Morgan fingerprint density at radius 1 is 1.12 bits per heavy atom. The molecule has 0 rings (SSSR count). The maximum Gasteiger partial charge on any atom is 0.264 e. The molecular formula is C9H20N6O. The van der Waals surface area contributed by atoms with Crippen LogP contribution in [-0.4, -0.2) is 44.9 Å². The molecule has 0 fully saturated rings. The fourth-order valence-electron chi connectivity index (χ4n) is 0.872. The van der Waals surface area contributed by atoms with Crippen LogP contribution in [0.2, 0.25) is 0 Å². The summed E-state index contributed by atoms with van der Waals surface area (Å²) in [4.78, 5) is 19.2. The second kappa shape index (κ2) is 8.81. The molecule has 0 unspecified atom stereocenters. The molecule has 0 aliphatic carbocycles. The Morgan fingerprint density at radius 3 is 2.31 bits per heavy atom. The van der Waals surface area contributed by atoms with Gasteiger partial charge in [0.2, 0.25) is 0 Å². The zero-order valence-corrected chi connectivity index (χ0v) is 10.2. The van der Waals surface area contributed by atoms with E-state index in [2.05, 4.69) is 31.5 Å². The summed E-state index contributed by atoms with van der Waals surface area (Å²) in [6.07, 6.45) is 0. The highest BCUT2D eigenvalue weighted by Crippen LogP contribution is 1.77. The zero-order chi connectivity index (χ0) is 12.4. The van der Waals surface area contributed by atoms with E-state index in [0.29, 0.717) is 19.0 Å². The molecule has 0 radical (unpaired) electrons. The van der Waals surface area contributed by atoms with Gasteiger partial charge in [-0.1, -0.05) is 0 Å². The van der Waals surface area contributed by atoms with Crippen LogP contribution in [0.15, 0.2) is 9.98 Å². The van der Waals surface area contributed by atoms with Crippen LogP contribution < -0.4 is 21.5 Å². The Bertz CT molecular complexity index is 273. The minimum absolute atomic E-state index is 0.168. The summed E-state index contributed by atoms with van der Waals surface area (Å²) in [5.74, 6) is 0.611. The van der Waals surface area contributed by atoms with Crippen molar-refractivity contribution in [2.45, 2.75) is 13.8 Å². The second-order valence-electron chi connectivity index (χ2n) is 3.01. The van der Waals surface area contributed by atoms with Crippen molar-refractivity contribution in [3.8, 4) is 0 Å². The molecule has 0 aromatic carbocycles. The van der Waals surface area contributed by atoms with E-state index in [1.165, 1.54) is 0 Å². The SMILES string of the molecule is CNNC(C)=NCNCN=C(C)C(=O)NC. The molecule has 7 nitrogen and oxygen atoms in total. The number of nitrogens with one attached hydrogen (secondary N) is 4. The molecule has 1 amide bonds. The van der Waals surface area contributed by atoms with Gasteiger partial charge < -0.3 is 10.7 Å². The van der Waals surface area contributed by atoms with Crippen LogP contribution in [0.4, 0.5) is 0 Å². The van der Waals surface area contributed by atoms with E-state index < -0.39 is 0 Å². The third-order valence-electron chi connectivity index (χ3n) is 1.72. The summed E-state index contributed by atoms with van der Waals surface area (Å²) in [6.45, 7) is 4.33.